The molecule has 0 spiro atoms. The average Bonchev–Trinajstić information content (AvgIpc) is 2.26. The van der Waals surface area contributed by atoms with Crippen molar-refractivity contribution in [3.63, 3.8) is 0 Å². The highest BCUT2D eigenvalue weighted by Gasteiger charge is 2.37. The summed E-state index contributed by atoms with van der Waals surface area (Å²) in [5, 5.41) is 8.42. The van der Waals surface area contributed by atoms with Gasteiger partial charge in [-0.15, -0.1) is 0 Å². The minimum atomic E-state index is -3.80. The van der Waals surface area contributed by atoms with Crippen molar-refractivity contribution >= 4 is 27.6 Å². The predicted molar refractivity (Wildman–Crippen MR) is 65.9 cm³/mol. The van der Waals surface area contributed by atoms with Crippen molar-refractivity contribution in [2.45, 2.75) is 23.8 Å². The van der Waals surface area contributed by atoms with E-state index in [4.69, 9.17) is 16.7 Å². The summed E-state index contributed by atoms with van der Waals surface area (Å²) in [7, 11) is -3.80. The summed E-state index contributed by atoms with van der Waals surface area (Å²) in [5.74, 6) is -2.14. The molecule has 1 aliphatic carbocycles. The molecule has 2 rings (SSSR count). The number of benzene rings is 1. The van der Waals surface area contributed by atoms with Gasteiger partial charge in [-0.05, 0) is 31.0 Å². The number of sulfonamides is 1. The lowest BCUT2D eigenvalue weighted by Gasteiger charge is -2.32. The monoisotopic (exact) mass is 307 g/mol. The van der Waals surface area contributed by atoms with Crippen molar-refractivity contribution in [2.75, 3.05) is 0 Å². The summed E-state index contributed by atoms with van der Waals surface area (Å²) in [6.45, 7) is 0. The highest BCUT2D eigenvalue weighted by molar-refractivity contribution is 7.89. The van der Waals surface area contributed by atoms with Gasteiger partial charge in [0.25, 0.3) is 0 Å². The molecule has 1 saturated carbocycles. The van der Waals surface area contributed by atoms with Crippen LogP contribution >= 0.6 is 11.6 Å². The third-order valence-electron chi connectivity index (χ3n) is 3.01. The number of carboxylic acids is 1. The summed E-state index contributed by atoms with van der Waals surface area (Å²) in [5.41, 5.74) is 0. The van der Waals surface area contributed by atoms with E-state index in [2.05, 4.69) is 4.72 Å². The van der Waals surface area contributed by atoms with Gasteiger partial charge in [0, 0.05) is 6.04 Å². The smallest absolute Gasteiger partial charge is 0.306 e. The zero-order valence-electron chi connectivity index (χ0n) is 9.64. The minimum Gasteiger partial charge on any atom is -0.481 e. The van der Waals surface area contributed by atoms with Crippen LogP contribution in [-0.4, -0.2) is 25.5 Å². The van der Waals surface area contributed by atoms with Gasteiger partial charge in [-0.2, -0.15) is 0 Å². The zero-order valence-corrected chi connectivity index (χ0v) is 11.2. The fourth-order valence-corrected chi connectivity index (χ4v) is 3.38. The fraction of sp³-hybridized carbons (Fsp3) is 0.364. The largest absolute Gasteiger partial charge is 0.481 e. The summed E-state index contributed by atoms with van der Waals surface area (Å²) < 4.78 is 39.2. The van der Waals surface area contributed by atoms with Crippen LogP contribution in [-0.2, 0) is 14.8 Å². The lowest BCUT2D eigenvalue weighted by molar-refractivity contribution is -0.145. The third-order valence-corrected chi connectivity index (χ3v) is 4.82. The molecule has 0 unspecified atom stereocenters. The highest BCUT2D eigenvalue weighted by Crippen LogP contribution is 2.29. The number of carbonyl (C=O) groups is 1. The Bertz CT molecular complexity index is 613. The van der Waals surface area contributed by atoms with Gasteiger partial charge in [-0.3, -0.25) is 4.79 Å². The Kier molecular flexibility index (Phi) is 3.80. The Hall–Kier alpha value is -1.18. The molecule has 1 aromatic carbocycles. The summed E-state index contributed by atoms with van der Waals surface area (Å²) in [6, 6.07) is 2.69. The van der Waals surface area contributed by atoms with Gasteiger partial charge >= 0.3 is 5.97 Å². The van der Waals surface area contributed by atoms with Crippen LogP contribution in [0.2, 0.25) is 5.02 Å². The van der Waals surface area contributed by atoms with E-state index in [-0.39, 0.29) is 22.8 Å². The van der Waals surface area contributed by atoms with E-state index in [1.54, 1.807) is 0 Å². The highest BCUT2D eigenvalue weighted by atomic mass is 35.5. The number of nitrogens with one attached hydrogen (secondary N) is 1. The first-order valence-corrected chi connectivity index (χ1v) is 7.36. The molecule has 0 heterocycles. The zero-order chi connectivity index (χ0) is 14.2. The van der Waals surface area contributed by atoms with Gasteiger partial charge in [0.15, 0.2) is 0 Å². The number of rotatable bonds is 4. The Morgan fingerprint density at radius 2 is 2.05 bits per heavy atom. The molecule has 5 nitrogen and oxygen atoms in total. The van der Waals surface area contributed by atoms with Crippen molar-refractivity contribution in [3.8, 4) is 0 Å². The molecular formula is C11H11ClFNO4S. The lowest BCUT2D eigenvalue weighted by atomic mass is 9.81. The van der Waals surface area contributed by atoms with Crippen LogP contribution in [0.5, 0.6) is 0 Å². The van der Waals surface area contributed by atoms with Crippen molar-refractivity contribution in [3.05, 3.63) is 29.0 Å². The first-order chi connectivity index (χ1) is 8.79. The van der Waals surface area contributed by atoms with Gasteiger partial charge in [-0.1, -0.05) is 11.6 Å². The van der Waals surface area contributed by atoms with E-state index in [9.17, 15) is 17.6 Å². The SMILES string of the molecule is O=C(O)C1CC(NS(=O)(=O)c2ccc(F)c(Cl)c2)C1. The Balaban J connectivity index is 2.07. The number of hydrogen-bond donors (Lipinski definition) is 2. The maximum absolute atomic E-state index is 13.0. The van der Waals surface area contributed by atoms with Crippen LogP contribution in [0.3, 0.4) is 0 Å². The summed E-state index contributed by atoms with van der Waals surface area (Å²) >= 11 is 5.52. The molecule has 0 aromatic heterocycles. The standard InChI is InChI=1S/C11H11ClFNO4S/c12-9-5-8(1-2-10(9)13)19(17,18)14-7-3-6(4-7)11(15)16/h1-2,5-7,14H,3-4H2,(H,15,16). The van der Waals surface area contributed by atoms with Gasteiger partial charge < -0.3 is 5.11 Å². The molecule has 104 valence electrons. The van der Waals surface area contributed by atoms with Crippen molar-refractivity contribution < 1.29 is 22.7 Å². The van der Waals surface area contributed by atoms with E-state index < -0.39 is 33.8 Å². The molecule has 1 fully saturated rings. The molecule has 2 N–H and O–H groups in total. The van der Waals surface area contributed by atoms with E-state index in [1.807, 2.05) is 0 Å². The maximum atomic E-state index is 13.0. The Morgan fingerprint density at radius 3 is 2.58 bits per heavy atom. The van der Waals surface area contributed by atoms with Gasteiger partial charge in [-0.25, -0.2) is 17.5 Å². The predicted octanol–water partition coefficient (Wildman–Crippen LogP) is 1.62. The van der Waals surface area contributed by atoms with E-state index >= 15 is 0 Å². The first-order valence-electron chi connectivity index (χ1n) is 5.50. The van der Waals surface area contributed by atoms with Crippen LogP contribution in [0.4, 0.5) is 4.39 Å². The van der Waals surface area contributed by atoms with Gasteiger partial charge in [0.05, 0.1) is 15.8 Å². The Labute approximate surface area is 114 Å². The topological polar surface area (TPSA) is 83.5 Å². The molecular weight excluding hydrogens is 297 g/mol. The minimum absolute atomic E-state index is 0.141. The second-order valence-electron chi connectivity index (χ2n) is 4.40. The molecule has 1 aliphatic rings. The van der Waals surface area contributed by atoms with E-state index in [0.29, 0.717) is 0 Å². The maximum Gasteiger partial charge on any atom is 0.306 e. The normalized spacial score (nSPS) is 22.8. The summed E-state index contributed by atoms with van der Waals surface area (Å²) in [6.07, 6.45) is 0.507. The van der Waals surface area contributed by atoms with Crippen molar-refractivity contribution in [1.82, 2.24) is 4.72 Å². The molecule has 0 amide bonds. The molecule has 0 radical (unpaired) electrons. The van der Waals surface area contributed by atoms with E-state index in [1.165, 1.54) is 0 Å². The van der Waals surface area contributed by atoms with Crippen LogP contribution < -0.4 is 4.72 Å². The molecule has 1 aromatic rings. The second kappa shape index (κ2) is 5.07. The van der Waals surface area contributed by atoms with Crippen LogP contribution in [0.1, 0.15) is 12.8 Å². The number of hydrogen-bond acceptors (Lipinski definition) is 3. The van der Waals surface area contributed by atoms with Crippen molar-refractivity contribution in [1.29, 1.82) is 0 Å². The summed E-state index contributed by atoms with van der Waals surface area (Å²) in [4.78, 5) is 10.5. The van der Waals surface area contributed by atoms with E-state index in [0.717, 1.165) is 18.2 Å². The van der Waals surface area contributed by atoms with Crippen molar-refractivity contribution in [2.24, 2.45) is 5.92 Å². The van der Waals surface area contributed by atoms with Crippen LogP contribution in [0, 0.1) is 11.7 Å². The number of carboxylic acid groups (broad SMARTS) is 1. The molecule has 0 atom stereocenters. The number of aliphatic carboxylic acids is 1. The van der Waals surface area contributed by atoms with Crippen LogP contribution in [0.25, 0.3) is 0 Å². The van der Waals surface area contributed by atoms with Gasteiger partial charge in [0.1, 0.15) is 5.82 Å². The molecule has 0 saturated heterocycles. The second-order valence-corrected chi connectivity index (χ2v) is 6.52. The lowest BCUT2D eigenvalue weighted by Crippen LogP contribution is -2.46. The molecule has 0 bridgehead atoms. The Morgan fingerprint density at radius 1 is 1.42 bits per heavy atom. The molecule has 19 heavy (non-hydrogen) atoms. The third kappa shape index (κ3) is 3.05. The average molecular weight is 308 g/mol. The van der Waals surface area contributed by atoms with Gasteiger partial charge in [0.2, 0.25) is 10.0 Å². The van der Waals surface area contributed by atoms with Crippen LogP contribution in [0.15, 0.2) is 23.1 Å². The number of halogens is 2. The molecule has 8 heteroatoms. The fourth-order valence-electron chi connectivity index (χ4n) is 1.85. The molecule has 0 aliphatic heterocycles. The first kappa shape index (κ1) is 14.2. The quantitative estimate of drug-likeness (QED) is 0.885.